The van der Waals surface area contributed by atoms with Gasteiger partial charge in [0.05, 0.1) is 0 Å². The minimum atomic E-state index is 0.0656. The van der Waals surface area contributed by atoms with Crippen molar-refractivity contribution < 1.29 is 0 Å². The molecule has 6 heteroatoms. The molecule has 12 heavy (non-hydrogen) atoms. The van der Waals surface area contributed by atoms with E-state index in [4.69, 9.17) is 22.6 Å². The maximum atomic E-state index is 8.65. The van der Waals surface area contributed by atoms with Crippen LogP contribution in [0.25, 0.3) is 0 Å². The number of halogens is 1. The first kappa shape index (κ1) is 9.10. The highest BCUT2D eigenvalue weighted by Crippen LogP contribution is 2.22. The molecule has 0 unspecified atom stereocenters. The highest BCUT2D eigenvalue weighted by Gasteiger charge is 2.09. The second-order valence-corrected chi connectivity index (χ2v) is 3.01. The van der Waals surface area contributed by atoms with Crippen molar-refractivity contribution in [1.82, 2.24) is 9.97 Å². The smallest absolute Gasteiger partial charge is 0.225 e. The van der Waals surface area contributed by atoms with Gasteiger partial charge in [-0.05, 0) is 17.9 Å². The first-order chi connectivity index (χ1) is 5.69. The van der Waals surface area contributed by atoms with Gasteiger partial charge in [-0.25, -0.2) is 4.98 Å². The molecule has 0 aliphatic carbocycles. The van der Waals surface area contributed by atoms with Crippen molar-refractivity contribution >= 4 is 29.2 Å². The van der Waals surface area contributed by atoms with Crippen LogP contribution in [-0.4, -0.2) is 16.2 Å². The molecule has 0 saturated carbocycles. The summed E-state index contributed by atoms with van der Waals surface area (Å²) in [5.74, 6) is 0.127. The summed E-state index contributed by atoms with van der Waals surface area (Å²) in [6.45, 7) is 0. The minimum Gasteiger partial charge on any atom is -0.382 e. The molecule has 0 fully saturated rings. The quantitative estimate of drug-likeness (QED) is 0.420. The number of aromatic nitrogens is 2. The molecule has 0 bridgehead atoms. The Morgan fingerprint density at radius 3 is 2.75 bits per heavy atom. The average molecular weight is 201 g/mol. The molecule has 0 aromatic carbocycles. The Bertz CT molecular complexity index is 346. The molecule has 1 heterocycles. The highest BCUT2D eigenvalue weighted by molar-refractivity contribution is 7.98. The summed E-state index contributed by atoms with van der Waals surface area (Å²) in [6.07, 6.45) is 1.79. The largest absolute Gasteiger partial charge is 0.382 e. The molecular weight excluding hydrogens is 196 g/mol. The maximum Gasteiger partial charge on any atom is 0.225 e. The third-order valence-corrected chi connectivity index (χ3v) is 2.03. The SMILES string of the molecule is CSc1nc(Cl)nc(N)c1C#N. The van der Waals surface area contributed by atoms with Crippen LogP contribution in [0.1, 0.15) is 5.56 Å². The molecule has 1 aromatic heterocycles. The number of rotatable bonds is 1. The van der Waals surface area contributed by atoms with Crippen molar-refractivity contribution in [3.8, 4) is 6.07 Å². The number of nitriles is 1. The zero-order valence-corrected chi connectivity index (χ0v) is 7.78. The van der Waals surface area contributed by atoms with E-state index in [9.17, 15) is 0 Å². The van der Waals surface area contributed by atoms with E-state index in [1.165, 1.54) is 11.8 Å². The van der Waals surface area contributed by atoms with Gasteiger partial charge >= 0.3 is 0 Å². The standard InChI is InChI=1S/C6H5ClN4S/c1-12-5-3(2-8)4(9)10-6(7)11-5/h1H3,(H2,9,10,11). The van der Waals surface area contributed by atoms with E-state index in [1.54, 1.807) is 6.26 Å². The summed E-state index contributed by atoms with van der Waals surface area (Å²) in [5, 5.41) is 9.23. The molecule has 0 saturated heterocycles. The summed E-state index contributed by atoms with van der Waals surface area (Å²) in [7, 11) is 0. The van der Waals surface area contributed by atoms with Crippen LogP contribution in [0.2, 0.25) is 5.28 Å². The lowest BCUT2D eigenvalue weighted by Gasteiger charge is -2.01. The van der Waals surface area contributed by atoms with Crippen LogP contribution in [0.3, 0.4) is 0 Å². The van der Waals surface area contributed by atoms with Crippen LogP contribution in [0.15, 0.2) is 5.03 Å². The number of anilines is 1. The van der Waals surface area contributed by atoms with Gasteiger partial charge < -0.3 is 5.73 Å². The van der Waals surface area contributed by atoms with Crippen molar-refractivity contribution in [3.05, 3.63) is 10.8 Å². The summed E-state index contributed by atoms with van der Waals surface area (Å²) < 4.78 is 0. The molecular formula is C6H5ClN4S. The van der Waals surface area contributed by atoms with E-state index in [1.807, 2.05) is 6.07 Å². The van der Waals surface area contributed by atoms with Crippen LogP contribution < -0.4 is 5.73 Å². The van der Waals surface area contributed by atoms with Crippen LogP contribution >= 0.6 is 23.4 Å². The first-order valence-electron chi connectivity index (χ1n) is 2.96. The van der Waals surface area contributed by atoms with Gasteiger partial charge in [0.25, 0.3) is 0 Å². The van der Waals surface area contributed by atoms with E-state index in [0.717, 1.165) is 0 Å². The lowest BCUT2D eigenvalue weighted by Crippen LogP contribution is -1.99. The summed E-state index contributed by atoms with van der Waals surface area (Å²) in [4.78, 5) is 7.49. The van der Waals surface area contributed by atoms with E-state index in [2.05, 4.69) is 9.97 Å². The first-order valence-corrected chi connectivity index (χ1v) is 4.56. The molecule has 0 radical (unpaired) electrons. The molecule has 1 rings (SSSR count). The zero-order valence-electron chi connectivity index (χ0n) is 6.21. The molecule has 0 aliphatic heterocycles. The van der Waals surface area contributed by atoms with Crippen molar-refractivity contribution in [2.24, 2.45) is 0 Å². The minimum absolute atomic E-state index is 0.0656. The number of nitrogen functional groups attached to an aromatic ring is 1. The van der Waals surface area contributed by atoms with Gasteiger partial charge in [0.2, 0.25) is 5.28 Å². The normalized spacial score (nSPS) is 9.42. The fourth-order valence-electron chi connectivity index (χ4n) is 0.682. The molecule has 0 spiro atoms. The van der Waals surface area contributed by atoms with E-state index >= 15 is 0 Å². The second-order valence-electron chi connectivity index (χ2n) is 1.87. The highest BCUT2D eigenvalue weighted by atomic mass is 35.5. The van der Waals surface area contributed by atoms with Crippen molar-refractivity contribution in [2.45, 2.75) is 5.03 Å². The second kappa shape index (κ2) is 3.61. The molecule has 62 valence electrons. The Morgan fingerprint density at radius 1 is 1.58 bits per heavy atom. The zero-order chi connectivity index (χ0) is 9.14. The molecule has 0 amide bonds. The summed E-state index contributed by atoms with van der Waals surface area (Å²) in [6, 6.07) is 1.91. The van der Waals surface area contributed by atoms with E-state index in [0.29, 0.717) is 5.03 Å². The van der Waals surface area contributed by atoms with Crippen molar-refractivity contribution in [1.29, 1.82) is 5.26 Å². The number of hydrogen-bond acceptors (Lipinski definition) is 5. The molecule has 2 N–H and O–H groups in total. The third-order valence-electron chi connectivity index (χ3n) is 1.18. The summed E-state index contributed by atoms with van der Waals surface area (Å²) in [5.41, 5.74) is 5.72. The van der Waals surface area contributed by atoms with E-state index in [-0.39, 0.29) is 16.7 Å². The Labute approximate surface area is 78.8 Å². The van der Waals surface area contributed by atoms with Gasteiger partial charge in [0.15, 0.2) is 0 Å². The van der Waals surface area contributed by atoms with Crippen LogP contribution in [0, 0.1) is 11.3 Å². The van der Waals surface area contributed by atoms with Crippen molar-refractivity contribution in [3.63, 3.8) is 0 Å². The average Bonchev–Trinajstić information content (AvgIpc) is 2.03. The molecule has 1 aromatic rings. The molecule has 4 nitrogen and oxygen atoms in total. The monoisotopic (exact) mass is 200 g/mol. The van der Waals surface area contributed by atoms with Crippen LogP contribution in [0.4, 0.5) is 5.82 Å². The predicted molar refractivity (Wildman–Crippen MR) is 48.0 cm³/mol. The predicted octanol–water partition coefficient (Wildman–Crippen LogP) is 1.31. The van der Waals surface area contributed by atoms with Gasteiger partial charge in [0, 0.05) is 0 Å². The van der Waals surface area contributed by atoms with Gasteiger partial charge in [-0.15, -0.1) is 11.8 Å². The van der Waals surface area contributed by atoms with E-state index < -0.39 is 0 Å². The summed E-state index contributed by atoms with van der Waals surface area (Å²) >= 11 is 6.84. The number of thioether (sulfide) groups is 1. The number of nitrogens with zero attached hydrogens (tertiary/aromatic N) is 3. The van der Waals surface area contributed by atoms with Crippen LogP contribution in [0.5, 0.6) is 0 Å². The maximum absolute atomic E-state index is 8.65. The topological polar surface area (TPSA) is 75.6 Å². The Morgan fingerprint density at radius 2 is 2.25 bits per heavy atom. The molecule has 0 atom stereocenters. The fraction of sp³-hybridized carbons (Fsp3) is 0.167. The Balaban J connectivity index is 3.36. The number of hydrogen-bond donors (Lipinski definition) is 1. The van der Waals surface area contributed by atoms with Crippen molar-refractivity contribution in [2.75, 3.05) is 12.0 Å². The van der Waals surface area contributed by atoms with Crippen LogP contribution in [-0.2, 0) is 0 Å². The van der Waals surface area contributed by atoms with Gasteiger partial charge in [-0.1, -0.05) is 0 Å². The van der Waals surface area contributed by atoms with Gasteiger partial charge in [0.1, 0.15) is 22.5 Å². The third kappa shape index (κ3) is 1.60. The Kier molecular flexibility index (Phi) is 2.74. The van der Waals surface area contributed by atoms with Gasteiger partial charge in [-0.2, -0.15) is 10.2 Å². The molecule has 0 aliphatic rings. The Hall–Kier alpha value is -0.990. The van der Waals surface area contributed by atoms with Gasteiger partial charge in [-0.3, -0.25) is 0 Å². The fourth-order valence-corrected chi connectivity index (χ4v) is 1.44. The number of nitrogens with two attached hydrogens (primary N) is 1. The lowest BCUT2D eigenvalue weighted by molar-refractivity contribution is 1.04. The lowest BCUT2D eigenvalue weighted by atomic mass is 10.3.